The summed E-state index contributed by atoms with van der Waals surface area (Å²) in [5.41, 5.74) is -3.88. The van der Waals surface area contributed by atoms with Crippen LogP contribution in [-0.4, -0.2) is 23.9 Å². The summed E-state index contributed by atoms with van der Waals surface area (Å²) >= 11 is 5.61. The minimum absolute atomic E-state index is 0.144. The summed E-state index contributed by atoms with van der Waals surface area (Å²) < 4.78 is 75.5. The standard InChI is InChI=1S/C12H11ClF6N2O/c1-10(11(14,15)16,12(17,18)19)21-9(22)20-6-7-2-4-8(13)5-3-7/h2-5H,6H2,1H3,(H2,20,21,22). The lowest BCUT2D eigenvalue weighted by Crippen LogP contribution is -2.66. The van der Waals surface area contributed by atoms with Gasteiger partial charge in [0.25, 0.3) is 0 Å². The minimum Gasteiger partial charge on any atom is -0.334 e. The van der Waals surface area contributed by atoms with Crippen molar-refractivity contribution in [2.75, 3.05) is 0 Å². The molecule has 0 aliphatic rings. The average Bonchev–Trinajstić information content (AvgIpc) is 2.35. The molecule has 0 heterocycles. The zero-order valence-electron chi connectivity index (χ0n) is 11.1. The van der Waals surface area contributed by atoms with Crippen LogP contribution in [0.4, 0.5) is 31.1 Å². The Balaban J connectivity index is 2.75. The van der Waals surface area contributed by atoms with Gasteiger partial charge in [0, 0.05) is 11.6 Å². The highest BCUT2D eigenvalue weighted by Gasteiger charge is 2.68. The number of halogens is 7. The number of carbonyl (C=O) groups is 1. The Labute approximate surface area is 126 Å². The number of hydrogen-bond acceptors (Lipinski definition) is 1. The van der Waals surface area contributed by atoms with E-state index >= 15 is 0 Å². The van der Waals surface area contributed by atoms with Crippen molar-refractivity contribution in [2.45, 2.75) is 31.4 Å². The van der Waals surface area contributed by atoms with E-state index in [9.17, 15) is 31.1 Å². The van der Waals surface area contributed by atoms with Gasteiger partial charge in [-0.15, -0.1) is 0 Å². The predicted octanol–water partition coefficient (Wildman–Crippen LogP) is 4.02. The fourth-order valence-corrected chi connectivity index (χ4v) is 1.48. The molecule has 1 rings (SSSR count). The van der Waals surface area contributed by atoms with Gasteiger partial charge in [0.1, 0.15) is 0 Å². The van der Waals surface area contributed by atoms with E-state index in [2.05, 4.69) is 0 Å². The molecule has 0 radical (unpaired) electrons. The van der Waals surface area contributed by atoms with Crippen LogP contribution >= 0.6 is 11.6 Å². The molecule has 1 aromatic rings. The average molecular weight is 349 g/mol. The number of benzene rings is 1. The summed E-state index contributed by atoms with van der Waals surface area (Å²) in [5.74, 6) is 0. The molecule has 0 spiro atoms. The first-order valence-electron chi connectivity index (χ1n) is 5.81. The minimum atomic E-state index is -5.69. The summed E-state index contributed by atoms with van der Waals surface area (Å²) in [6, 6.07) is 4.27. The predicted molar refractivity (Wildman–Crippen MR) is 67.3 cm³/mol. The molecule has 0 aromatic heterocycles. The maximum atomic E-state index is 12.6. The highest BCUT2D eigenvalue weighted by atomic mass is 35.5. The molecule has 0 aliphatic heterocycles. The molecular weight excluding hydrogens is 338 g/mol. The van der Waals surface area contributed by atoms with E-state index in [1.165, 1.54) is 24.3 Å². The van der Waals surface area contributed by atoms with Crippen LogP contribution in [0.25, 0.3) is 0 Å². The molecule has 0 aliphatic carbocycles. The quantitative estimate of drug-likeness (QED) is 0.796. The third-order valence-electron chi connectivity index (χ3n) is 2.86. The van der Waals surface area contributed by atoms with Crippen LogP contribution in [0.5, 0.6) is 0 Å². The molecule has 0 fully saturated rings. The van der Waals surface area contributed by atoms with Crippen LogP contribution in [0.3, 0.4) is 0 Å². The van der Waals surface area contributed by atoms with Crippen molar-refractivity contribution in [3.05, 3.63) is 34.9 Å². The van der Waals surface area contributed by atoms with E-state index < -0.39 is 23.9 Å². The van der Waals surface area contributed by atoms with Gasteiger partial charge >= 0.3 is 18.4 Å². The number of hydrogen-bond donors (Lipinski definition) is 2. The Kier molecular flexibility index (Phi) is 5.21. The van der Waals surface area contributed by atoms with Gasteiger partial charge in [0.05, 0.1) is 0 Å². The van der Waals surface area contributed by atoms with Gasteiger partial charge in [0.2, 0.25) is 5.54 Å². The molecule has 0 unspecified atom stereocenters. The second-order valence-corrected chi connectivity index (χ2v) is 4.99. The van der Waals surface area contributed by atoms with Crippen LogP contribution < -0.4 is 10.6 Å². The zero-order chi connectivity index (χ0) is 17.2. The smallest absolute Gasteiger partial charge is 0.334 e. The Morgan fingerprint density at radius 2 is 1.50 bits per heavy atom. The van der Waals surface area contributed by atoms with Crippen molar-refractivity contribution in [2.24, 2.45) is 0 Å². The molecule has 124 valence electrons. The Hall–Kier alpha value is -1.64. The number of nitrogens with one attached hydrogen (secondary N) is 2. The molecule has 22 heavy (non-hydrogen) atoms. The fourth-order valence-electron chi connectivity index (χ4n) is 1.36. The van der Waals surface area contributed by atoms with Crippen molar-refractivity contribution in [1.29, 1.82) is 0 Å². The lowest BCUT2D eigenvalue weighted by molar-refractivity contribution is -0.297. The Morgan fingerprint density at radius 1 is 1.05 bits per heavy atom. The zero-order valence-corrected chi connectivity index (χ0v) is 11.8. The van der Waals surface area contributed by atoms with E-state index in [4.69, 9.17) is 11.6 Å². The van der Waals surface area contributed by atoms with Gasteiger partial charge in [-0.2, -0.15) is 26.3 Å². The van der Waals surface area contributed by atoms with Crippen molar-refractivity contribution in [1.82, 2.24) is 10.6 Å². The van der Waals surface area contributed by atoms with Crippen molar-refractivity contribution < 1.29 is 31.1 Å². The third-order valence-corrected chi connectivity index (χ3v) is 3.12. The maximum absolute atomic E-state index is 12.6. The van der Waals surface area contributed by atoms with Gasteiger partial charge in [0.15, 0.2) is 0 Å². The monoisotopic (exact) mass is 348 g/mol. The Bertz CT molecular complexity index is 512. The van der Waals surface area contributed by atoms with E-state index in [1.54, 1.807) is 0 Å². The molecule has 3 nitrogen and oxygen atoms in total. The topological polar surface area (TPSA) is 41.1 Å². The molecule has 0 saturated carbocycles. The van der Waals surface area contributed by atoms with Crippen LogP contribution in [0.15, 0.2) is 24.3 Å². The molecule has 2 amide bonds. The van der Waals surface area contributed by atoms with E-state index in [0.717, 1.165) is 5.32 Å². The maximum Gasteiger partial charge on any atom is 0.420 e. The second kappa shape index (κ2) is 6.23. The largest absolute Gasteiger partial charge is 0.420 e. The molecular formula is C12H11ClF6N2O. The molecule has 1 aromatic carbocycles. The van der Waals surface area contributed by atoms with Gasteiger partial charge < -0.3 is 10.6 Å². The normalized spacial score (nSPS) is 12.9. The van der Waals surface area contributed by atoms with Crippen molar-refractivity contribution in [3.63, 3.8) is 0 Å². The van der Waals surface area contributed by atoms with Gasteiger partial charge in [-0.1, -0.05) is 23.7 Å². The second-order valence-electron chi connectivity index (χ2n) is 4.55. The lowest BCUT2D eigenvalue weighted by Gasteiger charge is -2.34. The molecule has 0 bridgehead atoms. The van der Waals surface area contributed by atoms with Crippen molar-refractivity contribution >= 4 is 17.6 Å². The third kappa shape index (κ3) is 4.19. The molecule has 2 N–H and O–H groups in total. The summed E-state index contributed by atoms with van der Waals surface area (Å²) in [7, 11) is 0. The van der Waals surface area contributed by atoms with Crippen LogP contribution in [0.1, 0.15) is 12.5 Å². The summed E-state index contributed by atoms with van der Waals surface area (Å²) in [6.45, 7) is -0.399. The lowest BCUT2D eigenvalue weighted by atomic mass is 10.0. The summed E-state index contributed by atoms with van der Waals surface area (Å²) in [5, 5.41) is 3.25. The number of urea groups is 1. The SMILES string of the molecule is CC(NC(=O)NCc1ccc(Cl)cc1)(C(F)(F)F)C(F)(F)F. The van der Waals surface area contributed by atoms with Gasteiger partial charge in [-0.25, -0.2) is 4.79 Å². The highest BCUT2D eigenvalue weighted by molar-refractivity contribution is 6.30. The number of amides is 2. The fraction of sp³-hybridized carbons (Fsp3) is 0.417. The summed E-state index contributed by atoms with van der Waals surface area (Å²) in [4.78, 5) is 11.3. The molecule has 10 heteroatoms. The Morgan fingerprint density at radius 3 is 1.91 bits per heavy atom. The van der Waals surface area contributed by atoms with Gasteiger partial charge in [-0.05, 0) is 24.6 Å². The first kappa shape index (κ1) is 18.4. The van der Waals surface area contributed by atoms with Crippen LogP contribution in [0, 0.1) is 0 Å². The van der Waals surface area contributed by atoms with E-state index in [1.807, 2.05) is 5.32 Å². The number of alkyl halides is 6. The number of carbonyl (C=O) groups excluding carboxylic acids is 1. The van der Waals surface area contributed by atoms with E-state index in [0.29, 0.717) is 10.6 Å². The highest BCUT2D eigenvalue weighted by Crippen LogP contribution is 2.42. The van der Waals surface area contributed by atoms with E-state index in [-0.39, 0.29) is 13.5 Å². The first-order valence-corrected chi connectivity index (χ1v) is 6.18. The van der Waals surface area contributed by atoms with Crippen molar-refractivity contribution in [3.8, 4) is 0 Å². The number of rotatable bonds is 3. The van der Waals surface area contributed by atoms with Crippen LogP contribution in [0.2, 0.25) is 5.02 Å². The van der Waals surface area contributed by atoms with Gasteiger partial charge in [-0.3, -0.25) is 0 Å². The van der Waals surface area contributed by atoms with Crippen LogP contribution in [-0.2, 0) is 6.54 Å². The summed E-state index contributed by atoms with van der Waals surface area (Å²) in [6.07, 6.45) is -11.4. The molecule has 0 saturated heterocycles. The first-order chi connectivity index (χ1) is 9.87. The molecule has 0 atom stereocenters.